The molecule has 3 nitrogen and oxygen atoms in total. The van der Waals surface area contributed by atoms with Crippen LogP contribution in [0.3, 0.4) is 0 Å². The van der Waals surface area contributed by atoms with Gasteiger partial charge in [-0.2, -0.15) is 0 Å². The highest BCUT2D eigenvalue weighted by Gasteiger charge is 2.35. The first kappa shape index (κ1) is 20.1. The van der Waals surface area contributed by atoms with Gasteiger partial charge in [-0.1, -0.05) is 87.4 Å². The van der Waals surface area contributed by atoms with Crippen molar-refractivity contribution in [2.24, 2.45) is 0 Å². The lowest BCUT2D eigenvalue weighted by atomic mass is 10.0. The summed E-state index contributed by atoms with van der Waals surface area (Å²) in [4.78, 5) is 0. The van der Waals surface area contributed by atoms with Gasteiger partial charge < -0.3 is 9.63 Å². The van der Waals surface area contributed by atoms with Gasteiger partial charge in [0.2, 0.25) is 0 Å². The fourth-order valence-electron chi connectivity index (χ4n) is 4.05. The van der Waals surface area contributed by atoms with E-state index in [4.69, 9.17) is 4.52 Å². The Morgan fingerprint density at radius 3 is 2.13 bits per heavy atom. The third-order valence-electron chi connectivity index (χ3n) is 5.54. The van der Waals surface area contributed by atoms with Crippen LogP contribution >= 0.6 is 15.9 Å². The highest BCUT2D eigenvalue weighted by Crippen LogP contribution is 2.54. The lowest BCUT2D eigenvalue weighted by Crippen LogP contribution is -2.20. The Hall–Kier alpha value is -2.86. The minimum atomic E-state index is -3.01. The van der Waals surface area contributed by atoms with E-state index in [1.807, 2.05) is 84.9 Å². The van der Waals surface area contributed by atoms with Gasteiger partial charge in [-0.15, -0.1) is 0 Å². The zero-order chi connectivity index (χ0) is 21.3. The first-order valence-electron chi connectivity index (χ1n) is 10.2. The second kappa shape index (κ2) is 8.35. The average molecular weight is 444 g/mol. The molecule has 1 heterocycles. The van der Waals surface area contributed by atoms with Crippen molar-refractivity contribution in [1.82, 2.24) is 0 Å². The maximum atomic E-state index is 14.0. The minimum absolute atomic E-state index is 0.272. The maximum absolute atomic E-state index is 14.0. The number of fused-ring (bicyclic) bond motifs is 3. The van der Waals surface area contributed by atoms with Gasteiger partial charge in [-0.3, -0.25) is 4.57 Å². The van der Waals surface area contributed by atoms with Gasteiger partial charge in [0.1, 0.15) is 11.5 Å². The molecular formula is C26H22O3P2. The van der Waals surface area contributed by atoms with Crippen LogP contribution in [0.15, 0.2) is 97.1 Å². The summed E-state index contributed by atoms with van der Waals surface area (Å²) in [6.45, 7) is 0. The molecule has 154 valence electrons. The summed E-state index contributed by atoms with van der Waals surface area (Å²) in [6.07, 6.45) is 1.23. The lowest BCUT2D eigenvalue weighted by molar-refractivity contribution is 0.477. The lowest BCUT2D eigenvalue weighted by Gasteiger charge is -2.28. The SMILES string of the molecule is O=P1(CCPc2ccccc2-c2ccccc2O)Oc2ccccc2-c2ccccc21. The number of hydrogen-bond donors (Lipinski definition) is 1. The monoisotopic (exact) mass is 444 g/mol. The fraction of sp³-hybridized carbons (Fsp3) is 0.0769. The summed E-state index contributed by atoms with van der Waals surface area (Å²) < 4.78 is 20.1. The van der Waals surface area contributed by atoms with Crippen LogP contribution in [-0.2, 0) is 4.57 Å². The first-order valence-corrected chi connectivity index (χ1v) is 13.3. The van der Waals surface area contributed by atoms with Crippen molar-refractivity contribution in [3.05, 3.63) is 97.1 Å². The van der Waals surface area contributed by atoms with Gasteiger partial charge in [-0.05, 0) is 40.8 Å². The van der Waals surface area contributed by atoms with Gasteiger partial charge in [0.25, 0.3) is 7.37 Å². The van der Waals surface area contributed by atoms with Crippen molar-refractivity contribution < 1.29 is 14.2 Å². The molecular weight excluding hydrogens is 422 g/mol. The van der Waals surface area contributed by atoms with E-state index in [1.54, 1.807) is 6.07 Å². The minimum Gasteiger partial charge on any atom is -0.507 e. The van der Waals surface area contributed by atoms with Crippen molar-refractivity contribution in [1.29, 1.82) is 0 Å². The zero-order valence-corrected chi connectivity index (χ0v) is 18.8. The van der Waals surface area contributed by atoms with Crippen LogP contribution in [0.1, 0.15) is 0 Å². The number of hydrogen-bond acceptors (Lipinski definition) is 3. The van der Waals surface area contributed by atoms with E-state index in [0.29, 0.717) is 20.5 Å². The highest BCUT2D eigenvalue weighted by molar-refractivity contribution is 7.68. The van der Waals surface area contributed by atoms with Crippen molar-refractivity contribution in [3.63, 3.8) is 0 Å². The predicted octanol–water partition coefficient (Wildman–Crippen LogP) is 6.03. The highest BCUT2D eigenvalue weighted by atomic mass is 31.2. The maximum Gasteiger partial charge on any atom is 0.278 e. The quantitative estimate of drug-likeness (QED) is 0.383. The molecule has 0 aromatic heterocycles. The van der Waals surface area contributed by atoms with Gasteiger partial charge in [-0.25, -0.2) is 0 Å². The van der Waals surface area contributed by atoms with E-state index in [-0.39, 0.29) is 5.75 Å². The molecule has 0 aliphatic carbocycles. The molecule has 0 radical (unpaired) electrons. The van der Waals surface area contributed by atoms with Gasteiger partial charge in [0, 0.05) is 17.3 Å². The third kappa shape index (κ3) is 3.81. The van der Waals surface area contributed by atoms with Crippen molar-refractivity contribution in [3.8, 4) is 33.8 Å². The molecule has 1 aliphatic heterocycles. The number of benzene rings is 4. The largest absolute Gasteiger partial charge is 0.507 e. The molecule has 0 amide bonds. The average Bonchev–Trinajstić information content (AvgIpc) is 2.80. The topological polar surface area (TPSA) is 46.5 Å². The number of para-hydroxylation sites is 2. The van der Waals surface area contributed by atoms with Crippen LogP contribution in [0.4, 0.5) is 0 Å². The summed E-state index contributed by atoms with van der Waals surface area (Å²) in [5.41, 5.74) is 3.85. The van der Waals surface area contributed by atoms with E-state index in [1.165, 1.54) is 0 Å². The summed E-state index contributed by atoms with van der Waals surface area (Å²) in [5, 5.41) is 12.3. The molecule has 31 heavy (non-hydrogen) atoms. The van der Waals surface area contributed by atoms with Crippen molar-refractivity contribution >= 4 is 26.6 Å². The predicted molar refractivity (Wildman–Crippen MR) is 131 cm³/mol. The van der Waals surface area contributed by atoms with E-state index >= 15 is 0 Å². The van der Waals surface area contributed by atoms with E-state index in [0.717, 1.165) is 39.0 Å². The van der Waals surface area contributed by atoms with Crippen molar-refractivity contribution in [2.45, 2.75) is 0 Å². The molecule has 5 rings (SSSR count). The normalized spacial score (nSPS) is 17.2. The second-order valence-electron chi connectivity index (χ2n) is 7.49. The first-order chi connectivity index (χ1) is 15.2. The Labute approximate surface area is 184 Å². The Bertz CT molecular complexity index is 1300. The van der Waals surface area contributed by atoms with Crippen LogP contribution in [-0.4, -0.2) is 17.4 Å². The molecule has 0 fully saturated rings. The van der Waals surface area contributed by atoms with Crippen molar-refractivity contribution in [2.75, 3.05) is 12.3 Å². The summed E-state index contributed by atoms with van der Waals surface area (Å²) in [5.74, 6) is 0.969. The Balaban J connectivity index is 1.41. The number of rotatable bonds is 5. The molecule has 2 atom stereocenters. The van der Waals surface area contributed by atoms with E-state index < -0.39 is 7.37 Å². The Morgan fingerprint density at radius 2 is 1.32 bits per heavy atom. The zero-order valence-electron chi connectivity index (χ0n) is 16.9. The molecule has 4 aromatic rings. The molecule has 0 spiro atoms. The molecule has 4 aromatic carbocycles. The summed E-state index contributed by atoms with van der Waals surface area (Å²) >= 11 is 0. The number of phenolic OH excluding ortho intramolecular Hbond substituents is 1. The van der Waals surface area contributed by atoms with Gasteiger partial charge in [0.05, 0.1) is 5.30 Å². The number of aromatic hydroxyl groups is 1. The van der Waals surface area contributed by atoms with Crippen LogP contribution < -0.4 is 15.1 Å². The molecule has 2 unspecified atom stereocenters. The molecule has 0 saturated carbocycles. The van der Waals surface area contributed by atoms with Crippen LogP contribution in [0.25, 0.3) is 22.3 Å². The smallest absolute Gasteiger partial charge is 0.278 e. The molecule has 0 saturated heterocycles. The third-order valence-corrected chi connectivity index (χ3v) is 9.70. The molecule has 5 heteroatoms. The Morgan fingerprint density at radius 1 is 0.710 bits per heavy atom. The van der Waals surface area contributed by atoms with Gasteiger partial charge >= 0.3 is 0 Å². The summed E-state index contributed by atoms with van der Waals surface area (Å²) in [6, 6.07) is 31.2. The van der Waals surface area contributed by atoms with Crippen LogP contribution in [0.2, 0.25) is 0 Å². The fourth-order valence-corrected chi connectivity index (χ4v) is 8.35. The number of phenols is 1. The molecule has 1 aliphatic rings. The van der Waals surface area contributed by atoms with Crippen LogP contribution in [0, 0.1) is 0 Å². The molecule has 0 bridgehead atoms. The van der Waals surface area contributed by atoms with Gasteiger partial charge in [0.15, 0.2) is 0 Å². The van der Waals surface area contributed by atoms with E-state index in [2.05, 4.69) is 6.07 Å². The standard InChI is InChI=1S/C26H22O3P2/c27-23-13-5-1-9-19(23)21-11-3-7-15-25(21)30-17-18-31(28)26-16-8-4-12-22(26)20-10-2-6-14-24(20)29-31/h1-16,27,30H,17-18H2. The van der Waals surface area contributed by atoms with E-state index in [9.17, 15) is 9.67 Å². The summed E-state index contributed by atoms with van der Waals surface area (Å²) in [7, 11) is -2.55. The molecule has 1 N–H and O–H groups in total. The Kier molecular flexibility index (Phi) is 5.40. The second-order valence-corrected chi connectivity index (χ2v) is 11.3. The van der Waals surface area contributed by atoms with Crippen LogP contribution in [0.5, 0.6) is 11.5 Å².